The van der Waals surface area contributed by atoms with Gasteiger partial charge in [0.15, 0.2) is 0 Å². The van der Waals surface area contributed by atoms with Crippen LogP contribution in [0.1, 0.15) is 5.56 Å². The standard InChI is InChI=1S/C17H15N3O2/c21-14-7-6-13-4-1-5-16(15(13)9-14)20-17(22)19-11-12-3-2-8-18-10-12/h1-10,21H,11H2,(H2,19,20,22). The average Bonchev–Trinajstić information content (AvgIpc) is 2.54. The van der Waals surface area contributed by atoms with Crippen LogP contribution in [0.5, 0.6) is 5.75 Å². The molecule has 3 aromatic rings. The van der Waals surface area contributed by atoms with Crippen LogP contribution in [-0.4, -0.2) is 16.1 Å². The first kappa shape index (κ1) is 13.9. The summed E-state index contributed by atoms with van der Waals surface area (Å²) in [7, 11) is 0. The number of rotatable bonds is 3. The quantitative estimate of drug-likeness (QED) is 0.694. The molecule has 2 aromatic carbocycles. The third-order valence-corrected chi connectivity index (χ3v) is 3.29. The Hall–Kier alpha value is -3.08. The lowest BCUT2D eigenvalue weighted by Gasteiger charge is -2.10. The second kappa shape index (κ2) is 6.13. The molecule has 0 unspecified atom stereocenters. The minimum absolute atomic E-state index is 0.164. The lowest BCUT2D eigenvalue weighted by molar-refractivity contribution is 0.252. The molecular weight excluding hydrogens is 278 g/mol. The molecule has 1 heterocycles. The Bertz CT molecular complexity index is 803. The van der Waals surface area contributed by atoms with E-state index in [4.69, 9.17) is 0 Å². The van der Waals surface area contributed by atoms with Gasteiger partial charge in [-0.2, -0.15) is 0 Å². The van der Waals surface area contributed by atoms with Gasteiger partial charge >= 0.3 is 6.03 Å². The molecule has 0 spiro atoms. The smallest absolute Gasteiger partial charge is 0.319 e. The van der Waals surface area contributed by atoms with Gasteiger partial charge in [0.2, 0.25) is 0 Å². The highest BCUT2D eigenvalue weighted by Crippen LogP contribution is 2.26. The molecule has 0 atom stereocenters. The van der Waals surface area contributed by atoms with Gasteiger partial charge in [-0.25, -0.2) is 4.79 Å². The first-order chi connectivity index (χ1) is 10.7. The monoisotopic (exact) mass is 293 g/mol. The Kier molecular flexibility index (Phi) is 3.87. The number of aromatic nitrogens is 1. The summed E-state index contributed by atoms with van der Waals surface area (Å²) >= 11 is 0. The van der Waals surface area contributed by atoms with Gasteiger partial charge in [0.25, 0.3) is 0 Å². The SMILES string of the molecule is O=C(NCc1cccnc1)Nc1cccc2ccc(O)cc12. The molecule has 0 radical (unpaired) electrons. The number of phenolic OH excluding ortho intramolecular Hbond substituents is 1. The highest BCUT2D eigenvalue weighted by atomic mass is 16.3. The first-order valence-electron chi connectivity index (χ1n) is 6.88. The van der Waals surface area contributed by atoms with E-state index in [1.54, 1.807) is 30.6 Å². The lowest BCUT2D eigenvalue weighted by Crippen LogP contribution is -2.28. The van der Waals surface area contributed by atoms with E-state index in [1.807, 2.05) is 30.3 Å². The summed E-state index contributed by atoms with van der Waals surface area (Å²) in [5, 5.41) is 16.9. The number of hydrogen-bond acceptors (Lipinski definition) is 3. The largest absolute Gasteiger partial charge is 0.508 e. The van der Waals surface area contributed by atoms with E-state index in [2.05, 4.69) is 15.6 Å². The highest BCUT2D eigenvalue weighted by molar-refractivity contribution is 6.02. The van der Waals surface area contributed by atoms with E-state index < -0.39 is 0 Å². The van der Waals surface area contributed by atoms with Crippen molar-refractivity contribution in [2.45, 2.75) is 6.54 Å². The van der Waals surface area contributed by atoms with Crippen LogP contribution in [0.25, 0.3) is 10.8 Å². The molecule has 3 N–H and O–H groups in total. The van der Waals surface area contributed by atoms with E-state index >= 15 is 0 Å². The van der Waals surface area contributed by atoms with E-state index in [0.717, 1.165) is 16.3 Å². The number of benzene rings is 2. The predicted octanol–water partition coefficient (Wildman–Crippen LogP) is 3.26. The number of amides is 2. The van der Waals surface area contributed by atoms with Crippen LogP contribution >= 0.6 is 0 Å². The molecular formula is C17H15N3O2. The highest BCUT2D eigenvalue weighted by Gasteiger charge is 2.06. The molecule has 5 nitrogen and oxygen atoms in total. The van der Waals surface area contributed by atoms with Crippen molar-refractivity contribution in [1.29, 1.82) is 0 Å². The fraction of sp³-hybridized carbons (Fsp3) is 0.0588. The summed E-state index contributed by atoms with van der Waals surface area (Å²) in [4.78, 5) is 16.0. The molecule has 0 aliphatic rings. The predicted molar refractivity (Wildman–Crippen MR) is 85.7 cm³/mol. The van der Waals surface area contributed by atoms with Crippen LogP contribution in [0, 0.1) is 0 Å². The zero-order valence-electron chi connectivity index (χ0n) is 11.8. The number of nitrogens with one attached hydrogen (secondary N) is 2. The Labute approximate surface area is 127 Å². The van der Waals surface area contributed by atoms with Crippen LogP contribution in [0.2, 0.25) is 0 Å². The zero-order chi connectivity index (χ0) is 15.4. The molecule has 0 fully saturated rings. The van der Waals surface area contributed by atoms with Gasteiger partial charge in [0.05, 0.1) is 5.69 Å². The van der Waals surface area contributed by atoms with Crippen molar-refractivity contribution < 1.29 is 9.90 Å². The number of carbonyl (C=O) groups excluding carboxylic acids is 1. The molecule has 3 rings (SSSR count). The number of pyridine rings is 1. The maximum absolute atomic E-state index is 12.0. The summed E-state index contributed by atoms with van der Waals surface area (Å²) in [5.41, 5.74) is 1.57. The summed E-state index contributed by atoms with van der Waals surface area (Å²) in [6.45, 7) is 0.399. The van der Waals surface area contributed by atoms with Gasteiger partial charge in [-0.3, -0.25) is 4.98 Å². The van der Waals surface area contributed by atoms with Crippen molar-refractivity contribution in [1.82, 2.24) is 10.3 Å². The number of nitrogens with zero attached hydrogens (tertiary/aromatic N) is 1. The topological polar surface area (TPSA) is 74.2 Å². The van der Waals surface area contributed by atoms with E-state index in [9.17, 15) is 9.90 Å². The molecule has 0 bridgehead atoms. The number of fused-ring (bicyclic) bond motifs is 1. The first-order valence-corrected chi connectivity index (χ1v) is 6.88. The number of carbonyl (C=O) groups is 1. The second-order valence-electron chi connectivity index (χ2n) is 4.88. The summed E-state index contributed by atoms with van der Waals surface area (Å²) in [5.74, 6) is 0.164. The molecule has 0 saturated heterocycles. The van der Waals surface area contributed by atoms with E-state index in [0.29, 0.717) is 12.2 Å². The van der Waals surface area contributed by atoms with Crippen LogP contribution in [0.15, 0.2) is 60.9 Å². The number of hydrogen-bond donors (Lipinski definition) is 3. The molecule has 0 aliphatic heterocycles. The Morgan fingerprint density at radius 1 is 1.14 bits per heavy atom. The van der Waals surface area contributed by atoms with Crippen LogP contribution in [-0.2, 0) is 6.54 Å². The molecule has 1 aromatic heterocycles. The maximum atomic E-state index is 12.0. The third-order valence-electron chi connectivity index (χ3n) is 3.29. The summed E-state index contributed by atoms with van der Waals surface area (Å²) < 4.78 is 0. The lowest BCUT2D eigenvalue weighted by atomic mass is 10.1. The van der Waals surface area contributed by atoms with E-state index in [1.165, 1.54) is 0 Å². The minimum Gasteiger partial charge on any atom is -0.508 e. The zero-order valence-corrected chi connectivity index (χ0v) is 11.8. The van der Waals surface area contributed by atoms with Gasteiger partial charge < -0.3 is 15.7 Å². The third kappa shape index (κ3) is 3.15. The molecule has 22 heavy (non-hydrogen) atoms. The molecule has 5 heteroatoms. The van der Waals surface area contributed by atoms with Crippen LogP contribution in [0.3, 0.4) is 0 Å². The minimum atomic E-state index is -0.306. The van der Waals surface area contributed by atoms with Gasteiger partial charge in [0, 0.05) is 24.3 Å². The normalized spacial score (nSPS) is 10.4. The average molecular weight is 293 g/mol. The number of urea groups is 1. The van der Waals surface area contributed by atoms with Crippen molar-refractivity contribution in [3.63, 3.8) is 0 Å². The van der Waals surface area contributed by atoms with Gasteiger partial charge in [-0.05, 0) is 35.2 Å². The Morgan fingerprint density at radius 2 is 2.05 bits per heavy atom. The fourth-order valence-electron chi connectivity index (χ4n) is 2.22. The Morgan fingerprint density at radius 3 is 2.86 bits per heavy atom. The number of phenols is 1. The number of anilines is 1. The van der Waals surface area contributed by atoms with Crippen molar-refractivity contribution in [2.75, 3.05) is 5.32 Å². The van der Waals surface area contributed by atoms with Crippen LogP contribution in [0.4, 0.5) is 10.5 Å². The summed E-state index contributed by atoms with van der Waals surface area (Å²) in [6.07, 6.45) is 3.39. The van der Waals surface area contributed by atoms with Crippen molar-refractivity contribution >= 4 is 22.5 Å². The van der Waals surface area contributed by atoms with Gasteiger partial charge in [-0.1, -0.05) is 24.3 Å². The van der Waals surface area contributed by atoms with Gasteiger partial charge in [0.1, 0.15) is 5.75 Å². The number of aromatic hydroxyl groups is 1. The van der Waals surface area contributed by atoms with E-state index in [-0.39, 0.29) is 11.8 Å². The van der Waals surface area contributed by atoms with Crippen molar-refractivity contribution in [3.05, 3.63) is 66.5 Å². The molecule has 0 saturated carbocycles. The molecule has 2 amide bonds. The van der Waals surface area contributed by atoms with Crippen molar-refractivity contribution in [3.8, 4) is 5.75 Å². The molecule has 0 aliphatic carbocycles. The summed E-state index contributed by atoms with van der Waals surface area (Å²) in [6, 6.07) is 14.0. The molecule has 110 valence electrons. The van der Waals surface area contributed by atoms with Crippen molar-refractivity contribution in [2.24, 2.45) is 0 Å². The fourth-order valence-corrected chi connectivity index (χ4v) is 2.22. The van der Waals surface area contributed by atoms with Crippen LogP contribution < -0.4 is 10.6 Å². The Balaban J connectivity index is 1.73. The van der Waals surface area contributed by atoms with Gasteiger partial charge in [-0.15, -0.1) is 0 Å². The maximum Gasteiger partial charge on any atom is 0.319 e. The second-order valence-corrected chi connectivity index (χ2v) is 4.88.